The number of alkyl halides is 3. The van der Waals surface area contributed by atoms with Gasteiger partial charge in [-0.05, 0) is 36.4 Å². The molecule has 0 fully saturated rings. The molecule has 0 bridgehead atoms. The predicted octanol–water partition coefficient (Wildman–Crippen LogP) is 4.67. The zero-order chi connectivity index (χ0) is 22.0. The van der Waals surface area contributed by atoms with E-state index in [1.54, 1.807) is 30.3 Å². The van der Waals surface area contributed by atoms with E-state index in [4.69, 9.17) is 10.5 Å². The SMILES string of the molecule is Nc1nccc(Oc2ccc3c(C(=O)Nc4cccc(C(F)(F)F)c4)cccc3n2)n1. The lowest BCUT2D eigenvalue weighted by Gasteiger charge is -2.11. The molecular weight excluding hydrogens is 411 g/mol. The summed E-state index contributed by atoms with van der Waals surface area (Å²) < 4.78 is 44.3. The number of nitrogen functional groups attached to an aromatic ring is 1. The second-order valence-electron chi connectivity index (χ2n) is 6.41. The summed E-state index contributed by atoms with van der Waals surface area (Å²) in [6, 6.07) is 14.0. The third-order valence-electron chi connectivity index (χ3n) is 4.26. The molecule has 0 aliphatic heterocycles. The van der Waals surface area contributed by atoms with Crippen LogP contribution in [0.1, 0.15) is 15.9 Å². The lowest BCUT2D eigenvalue weighted by molar-refractivity contribution is -0.137. The number of benzene rings is 2. The average Bonchev–Trinajstić information content (AvgIpc) is 2.73. The number of anilines is 2. The molecule has 2 aromatic carbocycles. The molecule has 7 nitrogen and oxygen atoms in total. The fraction of sp³-hybridized carbons (Fsp3) is 0.0476. The van der Waals surface area contributed by atoms with E-state index in [0.29, 0.717) is 10.9 Å². The van der Waals surface area contributed by atoms with E-state index < -0.39 is 17.6 Å². The van der Waals surface area contributed by atoms with Gasteiger partial charge < -0.3 is 15.8 Å². The van der Waals surface area contributed by atoms with Gasteiger partial charge in [0.1, 0.15) is 0 Å². The topological polar surface area (TPSA) is 103 Å². The van der Waals surface area contributed by atoms with Gasteiger partial charge in [-0.1, -0.05) is 12.1 Å². The van der Waals surface area contributed by atoms with Crippen LogP contribution in [0.5, 0.6) is 11.8 Å². The minimum Gasteiger partial charge on any atom is -0.421 e. The number of hydrogen-bond donors (Lipinski definition) is 2. The highest BCUT2D eigenvalue weighted by Crippen LogP contribution is 2.31. The molecule has 0 radical (unpaired) electrons. The smallest absolute Gasteiger partial charge is 0.416 e. The molecule has 2 heterocycles. The first kappa shape index (κ1) is 20.1. The molecule has 2 aromatic heterocycles. The van der Waals surface area contributed by atoms with Gasteiger partial charge in [0.05, 0.1) is 11.1 Å². The highest BCUT2D eigenvalue weighted by molar-refractivity contribution is 6.12. The van der Waals surface area contributed by atoms with E-state index in [2.05, 4.69) is 20.3 Å². The van der Waals surface area contributed by atoms with Crippen LogP contribution in [0.4, 0.5) is 24.8 Å². The number of fused-ring (bicyclic) bond motifs is 1. The van der Waals surface area contributed by atoms with Crippen molar-refractivity contribution in [2.45, 2.75) is 6.18 Å². The van der Waals surface area contributed by atoms with Gasteiger partial charge in [0, 0.05) is 35.0 Å². The molecule has 0 spiro atoms. The van der Waals surface area contributed by atoms with Crippen molar-refractivity contribution >= 4 is 28.4 Å². The van der Waals surface area contributed by atoms with Gasteiger partial charge in [-0.25, -0.2) is 9.97 Å². The van der Waals surface area contributed by atoms with Gasteiger partial charge in [-0.15, -0.1) is 0 Å². The van der Waals surface area contributed by atoms with Crippen molar-refractivity contribution in [3.8, 4) is 11.8 Å². The average molecular weight is 425 g/mol. The number of ether oxygens (including phenoxy) is 1. The van der Waals surface area contributed by atoms with Crippen LogP contribution in [0.25, 0.3) is 10.9 Å². The summed E-state index contributed by atoms with van der Waals surface area (Å²) >= 11 is 0. The Kier molecular flexibility index (Phi) is 5.12. The molecular formula is C21H14F3N5O2. The minimum absolute atomic E-state index is 0.0334. The summed E-state index contributed by atoms with van der Waals surface area (Å²) in [5.74, 6) is -0.0883. The molecule has 0 saturated heterocycles. The third kappa shape index (κ3) is 4.53. The summed E-state index contributed by atoms with van der Waals surface area (Å²) in [6.45, 7) is 0. The maximum absolute atomic E-state index is 12.9. The van der Waals surface area contributed by atoms with Crippen molar-refractivity contribution in [1.82, 2.24) is 15.0 Å². The number of carbonyl (C=O) groups excluding carboxylic acids is 1. The van der Waals surface area contributed by atoms with Crippen molar-refractivity contribution in [2.75, 3.05) is 11.1 Å². The number of aromatic nitrogens is 3. The first-order valence-electron chi connectivity index (χ1n) is 8.94. The number of pyridine rings is 1. The number of amides is 1. The van der Waals surface area contributed by atoms with Crippen LogP contribution in [-0.4, -0.2) is 20.9 Å². The lowest BCUT2D eigenvalue weighted by Crippen LogP contribution is -2.13. The standard InChI is InChI=1S/C21H14F3N5O2/c22-21(23,24)12-3-1-4-13(11-12)27-19(30)15-5-2-6-16-14(15)7-8-17(28-16)31-18-9-10-26-20(25)29-18/h1-11H,(H,27,30)(H2,25,26,29). The molecule has 4 rings (SSSR count). The zero-order valence-electron chi connectivity index (χ0n) is 15.7. The fourth-order valence-electron chi connectivity index (χ4n) is 2.88. The number of nitrogens with two attached hydrogens (primary N) is 1. The highest BCUT2D eigenvalue weighted by Gasteiger charge is 2.30. The van der Waals surface area contributed by atoms with E-state index in [0.717, 1.165) is 12.1 Å². The maximum atomic E-state index is 12.9. The monoisotopic (exact) mass is 425 g/mol. The molecule has 3 N–H and O–H groups in total. The fourth-order valence-corrected chi connectivity index (χ4v) is 2.88. The molecule has 0 atom stereocenters. The summed E-state index contributed by atoms with van der Waals surface area (Å²) in [5.41, 5.74) is 5.41. The largest absolute Gasteiger partial charge is 0.421 e. The molecule has 0 aliphatic carbocycles. The van der Waals surface area contributed by atoms with Crippen LogP contribution in [-0.2, 0) is 6.18 Å². The van der Waals surface area contributed by atoms with E-state index in [1.165, 1.54) is 24.4 Å². The summed E-state index contributed by atoms with van der Waals surface area (Å²) in [5, 5.41) is 3.00. The van der Waals surface area contributed by atoms with Crippen LogP contribution in [0.3, 0.4) is 0 Å². The van der Waals surface area contributed by atoms with Crippen molar-refractivity contribution in [3.63, 3.8) is 0 Å². The van der Waals surface area contributed by atoms with Crippen LogP contribution in [0, 0.1) is 0 Å². The van der Waals surface area contributed by atoms with Crippen molar-refractivity contribution in [3.05, 3.63) is 78.0 Å². The van der Waals surface area contributed by atoms with Crippen molar-refractivity contribution in [1.29, 1.82) is 0 Å². The highest BCUT2D eigenvalue weighted by atomic mass is 19.4. The number of rotatable bonds is 4. The molecule has 0 unspecified atom stereocenters. The number of nitrogens with one attached hydrogen (secondary N) is 1. The Hall–Kier alpha value is -4.21. The third-order valence-corrected chi connectivity index (χ3v) is 4.26. The quantitative estimate of drug-likeness (QED) is 0.493. The molecule has 1 amide bonds. The van der Waals surface area contributed by atoms with Crippen LogP contribution >= 0.6 is 0 Å². The zero-order valence-corrected chi connectivity index (χ0v) is 15.7. The van der Waals surface area contributed by atoms with Gasteiger partial charge in [0.25, 0.3) is 5.91 Å². The summed E-state index contributed by atoms with van der Waals surface area (Å²) in [4.78, 5) is 24.8. The Morgan fingerprint density at radius 1 is 0.968 bits per heavy atom. The van der Waals surface area contributed by atoms with Crippen LogP contribution in [0.2, 0.25) is 0 Å². The van der Waals surface area contributed by atoms with E-state index >= 15 is 0 Å². The Labute approximate surface area is 173 Å². The van der Waals surface area contributed by atoms with Gasteiger partial charge in [-0.3, -0.25) is 4.79 Å². The predicted molar refractivity (Wildman–Crippen MR) is 108 cm³/mol. The second kappa shape index (κ2) is 7.90. The molecule has 0 saturated carbocycles. The van der Waals surface area contributed by atoms with Gasteiger partial charge >= 0.3 is 6.18 Å². The number of nitrogens with zero attached hydrogens (tertiary/aromatic N) is 3. The molecule has 10 heteroatoms. The molecule has 0 aliphatic rings. The van der Waals surface area contributed by atoms with Crippen LogP contribution < -0.4 is 15.8 Å². The maximum Gasteiger partial charge on any atom is 0.416 e. The Morgan fingerprint density at radius 2 is 1.74 bits per heavy atom. The first-order chi connectivity index (χ1) is 14.8. The first-order valence-corrected chi connectivity index (χ1v) is 8.94. The Bertz CT molecular complexity index is 1280. The van der Waals surface area contributed by atoms with Crippen molar-refractivity contribution in [2.24, 2.45) is 0 Å². The number of carbonyl (C=O) groups is 1. The minimum atomic E-state index is -4.51. The summed E-state index contributed by atoms with van der Waals surface area (Å²) in [6.07, 6.45) is -3.07. The van der Waals surface area contributed by atoms with E-state index in [9.17, 15) is 18.0 Å². The Balaban J connectivity index is 1.60. The van der Waals surface area contributed by atoms with Gasteiger partial charge in [-0.2, -0.15) is 18.2 Å². The molecule has 31 heavy (non-hydrogen) atoms. The molecule has 156 valence electrons. The van der Waals surface area contributed by atoms with E-state index in [1.807, 2.05) is 0 Å². The van der Waals surface area contributed by atoms with E-state index in [-0.39, 0.29) is 29.0 Å². The number of halogens is 3. The normalized spacial score (nSPS) is 11.3. The molecule has 4 aromatic rings. The summed E-state index contributed by atoms with van der Waals surface area (Å²) in [7, 11) is 0. The van der Waals surface area contributed by atoms with Gasteiger partial charge in [0.15, 0.2) is 0 Å². The van der Waals surface area contributed by atoms with Crippen LogP contribution in [0.15, 0.2) is 66.9 Å². The van der Waals surface area contributed by atoms with Gasteiger partial charge in [0.2, 0.25) is 17.7 Å². The van der Waals surface area contributed by atoms with Crippen molar-refractivity contribution < 1.29 is 22.7 Å². The number of hydrogen-bond acceptors (Lipinski definition) is 6. The second-order valence-corrected chi connectivity index (χ2v) is 6.41. The lowest BCUT2D eigenvalue weighted by atomic mass is 10.1. The Morgan fingerprint density at radius 3 is 2.52 bits per heavy atom.